The van der Waals surface area contributed by atoms with Gasteiger partial charge in [0.1, 0.15) is 17.3 Å². The SMILES string of the molecule is COc1cccc(-c2nn(-c3ccc(F)cc3)c3cc(C(=O)N[C@@H]4CCS(=O)(=O)C4)ccc23)c1. The summed E-state index contributed by atoms with van der Waals surface area (Å²) >= 11 is 0. The first-order chi connectivity index (χ1) is 16.3. The highest BCUT2D eigenvalue weighted by molar-refractivity contribution is 7.91. The average Bonchev–Trinajstić information content (AvgIpc) is 3.38. The molecule has 0 bridgehead atoms. The standard InChI is InChI=1S/C25H22FN3O4S/c1-33-21-4-2-3-16(13-21)24-22-10-5-17(25(30)27-19-11-12-34(31,32)15-19)14-23(22)29(28-24)20-8-6-18(26)7-9-20/h2-10,13-14,19H,11-12,15H2,1H3,(H,27,30)/t19-/m1/s1. The van der Waals surface area contributed by atoms with E-state index in [1.807, 2.05) is 30.3 Å². The van der Waals surface area contributed by atoms with Crippen LogP contribution < -0.4 is 10.1 Å². The third-order valence-corrected chi connectivity index (χ3v) is 7.69. The number of methoxy groups -OCH3 is 1. The zero-order chi connectivity index (χ0) is 23.9. The number of ether oxygens (including phenoxy) is 1. The van der Waals surface area contributed by atoms with Gasteiger partial charge in [-0.2, -0.15) is 5.10 Å². The molecule has 174 valence electrons. The largest absolute Gasteiger partial charge is 0.497 e. The second kappa shape index (κ2) is 8.57. The van der Waals surface area contributed by atoms with E-state index >= 15 is 0 Å². The molecule has 1 fully saturated rings. The van der Waals surface area contributed by atoms with Crippen LogP contribution in [0.25, 0.3) is 27.8 Å². The number of carbonyl (C=O) groups is 1. The lowest BCUT2D eigenvalue weighted by Crippen LogP contribution is -2.35. The van der Waals surface area contributed by atoms with Crippen molar-refractivity contribution < 1.29 is 22.3 Å². The number of nitrogens with one attached hydrogen (secondary N) is 1. The van der Waals surface area contributed by atoms with Crippen LogP contribution in [0.5, 0.6) is 5.75 Å². The number of rotatable bonds is 5. The number of nitrogens with zero attached hydrogens (tertiary/aromatic N) is 2. The minimum absolute atomic E-state index is 0.0471. The number of fused-ring (bicyclic) bond motifs is 1. The highest BCUT2D eigenvalue weighted by atomic mass is 32.2. The van der Waals surface area contributed by atoms with E-state index in [1.165, 1.54) is 12.1 Å². The Bertz CT molecular complexity index is 1500. The van der Waals surface area contributed by atoms with E-state index in [0.29, 0.717) is 34.6 Å². The van der Waals surface area contributed by atoms with Crippen LogP contribution in [0.15, 0.2) is 66.7 Å². The second-order valence-electron chi connectivity index (χ2n) is 8.27. The summed E-state index contributed by atoms with van der Waals surface area (Å²) in [5, 5.41) is 8.41. The molecule has 1 aromatic heterocycles. The summed E-state index contributed by atoms with van der Waals surface area (Å²) in [7, 11) is -1.51. The van der Waals surface area contributed by atoms with Crippen LogP contribution in [-0.2, 0) is 9.84 Å². The maximum atomic E-state index is 13.5. The number of hydrogen-bond donors (Lipinski definition) is 1. The maximum Gasteiger partial charge on any atom is 0.251 e. The highest BCUT2D eigenvalue weighted by Gasteiger charge is 2.29. The minimum Gasteiger partial charge on any atom is -0.497 e. The number of aromatic nitrogens is 2. The molecule has 1 saturated heterocycles. The van der Waals surface area contributed by atoms with Crippen LogP contribution in [0.3, 0.4) is 0 Å². The first-order valence-corrected chi connectivity index (χ1v) is 12.6. The van der Waals surface area contributed by atoms with E-state index in [0.717, 1.165) is 10.9 Å². The van der Waals surface area contributed by atoms with Crippen molar-refractivity contribution in [1.82, 2.24) is 15.1 Å². The van der Waals surface area contributed by atoms with Crippen molar-refractivity contribution in [3.63, 3.8) is 0 Å². The molecular weight excluding hydrogens is 457 g/mol. The molecule has 4 aromatic rings. The lowest BCUT2D eigenvalue weighted by molar-refractivity contribution is 0.0941. The van der Waals surface area contributed by atoms with Gasteiger partial charge in [-0.05, 0) is 61.0 Å². The van der Waals surface area contributed by atoms with Gasteiger partial charge >= 0.3 is 0 Å². The third-order valence-electron chi connectivity index (χ3n) is 5.93. The summed E-state index contributed by atoms with van der Waals surface area (Å²) in [5.74, 6) is 0.00952. The molecule has 1 aliphatic heterocycles. The molecule has 9 heteroatoms. The molecule has 1 atom stereocenters. The Hall–Kier alpha value is -3.72. The molecule has 0 saturated carbocycles. The zero-order valence-corrected chi connectivity index (χ0v) is 19.2. The van der Waals surface area contributed by atoms with Gasteiger partial charge in [0.15, 0.2) is 9.84 Å². The van der Waals surface area contributed by atoms with Gasteiger partial charge in [-0.1, -0.05) is 12.1 Å². The Morgan fingerprint density at radius 2 is 1.91 bits per heavy atom. The smallest absolute Gasteiger partial charge is 0.251 e. The summed E-state index contributed by atoms with van der Waals surface area (Å²) in [6.07, 6.45) is 0.407. The topological polar surface area (TPSA) is 90.3 Å². The van der Waals surface area contributed by atoms with Crippen molar-refractivity contribution in [2.24, 2.45) is 0 Å². The fourth-order valence-electron chi connectivity index (χ4n) is 4.20. The summed E-state index contributed by atoms with van der Waals surface area (Å²) in [6.45, 7) is 0. The molecule has 1 aliphatic rings. The molecule has 34 heavy (non-hydrogen) atoms. The molecule has 3 aromatic carbocycles. The Balaban J connectivity index is 1.59. The maximum absolute atomic E-state index is 13.5. The van der Waals surface area contributed by atoms with E-state index in [-0.39, 0.29) is 23.2 Å². The van der Waals surface area contributed by atoms with Crippen molar-refractivity contribution in [2.45, 2.75) is 12.5 Å². The van der Waals surface area contributed by atoms with Gasteiger partial charge in [0.05, 0.1) is 29.8 Å². The van der Waals surface area contributed by atoms with Gasteiger partial charge in [0.2, 0.25) is 0 Å². The lowest BCUT2D eigenvalue weighted by Gasteiger charge is -2.11. The van der Waals surface area contributed by atoms with E-state index in [2.05, 4.69) is 5.32 Å². The Morgan fingerprint density at radius 1 is 1.12 bits per heavy atom. The molecule has 5 rings (SSSR count). The normalized spacial score (nSPS) is 17.1. The molecule has 0 unspecified atom stereocenters. The lowest BCUT2D eigenvalue weighted by atomic mass is 10.1. The number of halogens is 1. The molecule has 1 amide bonds. The number of benzene rings is 3. The van der Waals surface area contributed by atoms with Gasteiger partial charge in [-0.3, -0.25) is 4.79 Å². The first-order valence-electron chi connectivity index (χ1n) is 10.8. The van der Waals surface area contributed by atoms with Gasteiger partial charge in [-0.15, -0.1) is 0 Å². The van der Waals surface area contributed by atoms with Crippen molar-refractivity contribution in [2.75, 3.05) is 18.6 Å². The summed E-state index contributed by atoms with van der Waals surface area (Å²) in [5.41, 5.74) is 3.21. The van der Waals surface area contributed by atoms with Gasteiger partial charge in [0, 0.05) is 22.6 Å². The molecular formula is C25H22FN3O4S. The van der Waals surface area contributed by atoms with Crippen molar-refractivity contribution in [3.8, 4) is 22.7 Å². The van der Waals surface area contributed by atoms with Gasteiger partial charge in [-0.25, -0.2) is 17.5 Å². The number of sulfone groups is 1. The second-order valence-corrected chi connectivity index (χ2v) is 10.5. The van der Waals surface area contributed by atoms with Gasteiger partial charge < -0.3 is 10.1 Å². The fraction of sp³-hybridized carbons (Fsp3) is 0.200. The average molecular weight is 480 g/mol. The quantitative estimate of drug-likeness (QED) is 0.471. The highest BCUT2D eigenvalue weighted by Crippen LogP contribution is 2.32. The Morgan fingerprint density at radius 3 is 2.62 bits per heavy atom. The van der Waals surface area contributed by atoms with Crippen molar-refractivity contribution >= 4 is 26.6 Å². The zero-order valence-electron chi connectivity index (χ0n) is 18.4. The number of hydrogen-bond acceptors (Lipinski definition) is 5. The molecule has 2 heterocycles. The minimum atomic E-state index is -3.11. The van der Waals surface area contributed by atoms with Crippen LogP contribution >= 0.6 is 0 Å². The number of carbonyl (C=O) groups excluding carboxylic acids is 1. The van der Waals surface area contributed by atoms with Crippen LogP contribution in [0.2, 0.25) is 0 Å². The molecule has 0 spiro atoms. The van der Waals surface area contributed by atoms with E-state index in [9.17, 15) is 17.6 Å². The van der Waals surface area contributed by atoms with Crippen LogP contribution in [0.4, 0.5) is 4.39 Å². The first kappa shape index (κ1) is 22.1. The van der Waals surface area contributed by atoms with Crippen LogP contribution in [0, 0.1) is 5.82 Å². The fourth-order valence-corrected chi connectivity index (χ4v) is 5.87. The van der Waals surface area contributed by atoms with E-state index in [1.54, 1.807) is 36.1 Å². The molecule has 0 radical (unpaired) electrons. The van der Waals surface area contributed by atoms with Crippen molar-refractivity contribution in [1.29, 1.82) is 0 Å². The molecule has 1 N–H and O–H groups in total. The predicted molar refractivity (Wildman–Crippen MR) is 128 cm³/mol. The monoisotopic (exact) mass is 479 g/mol. The van der Waals surface area contributed by atoms with Crippen LogP contribution in [0.1, 0.15) is 16.8 Å². The van der Waals surface area contributed by atoms with E-state index in [4.69, 9.17) is 9.84 Å². The van der Waals surface area contributed by atoms with E-state index < -0.39 is 15.9 Å². The summed E-state index contributed by atoms with van der Waals surface area (Å²) < 4.78 is 44.1. The Kier molecular flexibility index (Phi) is 5.57. The Labute approximate surface area is 196 Å². The van der Waals surface area contributed by atoms with Gasteiger partial charge in [0.25, 0.3) is 5.91 Å². The van der Waals surface area contributed by atoms with Crippen molar-refractivity contribution in [3.05, 3.63) is 78.1 Å². The molecule has 7 nitrogen and oxygen atoms in total. The number of amides is 1. The summed E-state index contributed by atoms with van der Waals surface area (Å²) in [4.78, 5) is 12.9. The third kappa shape index (κ3) is 4.26. The summed E-state index contributed by atoms with van der Waals surface area (Å²) in [6, 6.07) is 18.3. The molecule has 0 aliphatic carbocycles. The predicted octanol–water partition coefficient (Wildman–Crippen LogP) is 3.76. The van der Waals surface area contributed by atoms with Crippen LogP contribution in [-0.4, -0.2) is 48.8 Å².